The lowest BCUT2D eigenvalue weighted by atomic mass is 10.3. The van der Waals surface area contributed by atoms with Crippen molar-refractivity contribution in [2.45, 2.75) is 18.9 Å². The summed E-state index contributed by atoms with van der Waals surface area (Å²) in [6.07, 6.45) is 2.28. The van der Waals surface area contributed by atoms with Gasteiger partial charge in [-0.3, -0.25) is 0 Å². The zero-order valence-corrected chi connectivity index (χ0v) is 11.9. The lowest BCUT2D eigenvalue weighted by Gasteiger charge is -2.16. The summed E-state index contributed by atoms with van der Waals surface area (Å²) < 4.78 is 15.6. The number of carbonyl (C=O) groups is 1. The van der Waals surface area contributed by atoms with Crippen LogP contribution in [0, 0.1) is 0 Å². The summed E-state index contributed by atoms with van der Waals surface area (Å²) in [4.78, 5) is 15.5. The Hall–Kier alpha value is -1.24. The van der Waals surface area contributed by atoms with Crippen molar-refractivity contribution in [2.75, 3.05) is 20.8 Å². The molecule has 0 N–H and O–H groups in total. The lowest BCUT2D eigenvalue weighted by molar-refractivity contribution is 0.0489. The van der Waals surface area contributed by atoms with Crippen molar-refractivity contribution in [3.63, 3.8) is 0 Å². The summed E-state index contributed by atoms with van der Waals surface area (Å²) in [5, 5.41) is 0. The minimum absolute atomic E-state index is 0.251. The zero-order chi connectivity index (χ0) is 13.4. The first-order chi connectivity index (χ1) is 8.69. The van der Waals surface area contributed by atoms with Gasteiger partial charge < -0.3 is 13.6 Å². The van der Waals surface area contributed by atoms with E-state index in [1.807, 2.05) is 6.92 Å². The van der Waals surface area contributed by atoms with Gasteiger partial charge in [-0.05, 0) is 18.6 Å². The number of pyridine rings is 1. The van der Waals surface area contributed by atoms with E-state index in [0.29, 0.717) is 18.7 Å². The van der Waals surface area contributed by atoms with Gasteiger partial charge in [-0.2, -0.15) is 0 Å². The number of nitrogens with zero attached hydrogens (tertiary/aromatic N) is 1. The molecule has 0 spiro atoms. The Kier molecular flexibility index (Phi) is 6.56. The van der Waals surface area contributed by atoms with Gasteiger partial charge in [0.1, 0.15) is 5.69 Å². The maximum absolute atomic E-state index is 11.6. The van der Waals surface area contributed by atoms with Crippen molar-refractivity contribution in [2.24, 2.45) is 0 Å². The van der Waals surface area contributed by atoms with Gasteiger partial charge in [0.05, 0.1) is 6.61 Å². The number of rotatable bonds is 7. The molecule has 0 fully saturated rings. The molecule has 0 aliphatic carbocycles. The maximum atomic E-state index is 11.6. The van der Waals surface area contributed by atoms with E-state index in [0.717, 1.165) is 0 Å². The predicted octanol–water partition coefficient (Wildman–Crippen LogP) is 1.80. The van der Waals surface area contributed by atoms with Crippen LogP contribution in [0.2, 0.25) is 5.54 Å². The molecular weight excluding hydrogens is 250 g/mol. The van der Waals surface area contributed by atoms with E-state index in [-0.39, 0.29) is 5.54 Å². The highest BCUT2D eigenvalue weighted by Gasteiger charge is 2.22. The fraction of sp³-hybridized carbons (Fsp3) is 0.500. The van der Waals surface area contributed by atoms with Crippen LogP contribution in [0.3, 0.4) is 0 Å². The van der Waals surface area contributed by atoms with Crippen molar-refractivity contribution >= 4 is 15.3 Å². The number of hydrogen-bond donors (Lipinski definition) is 0. The van der Waals surface area contributed by atoms with Gasteiger partial charge in [0.15, 0.2) is 0 Å². The third-order valence-corrected chi connectivity index (χ3v) is 4.36. The fourth-order valence-electron chi connectivity index (χ4n) is 1.49. The second kappa shape index (κ2) is 7.96. The number of esters is 1. The largest absolute Gasteiger partial charge is 0.461 e. The van der Waals surface area contributed by atoms with E-state index < -0.39 is 15.3 Å². The third-order valence-electron chi connectivity index (χ3n) is 2.46. The molecule has 1 rings (SSSR count). The van der Waals surface area contributed by atoms with Crippen LogP contribution in [0.15, 0.2) is 24.4 Å². The molecule has 1 atom stereocenters. The van der Waals surface area contributed by atoms with Crippen LogP contribution >= 0.6 is 0 Å². The smallest absolute Gasteiger partial charge is 0.387 e. The van der Waals surface area contributed by atoms with Crippen molar-refractivity contribution in [3.05, 3.63) is 30.1 Å². The lowest BCUT2D eigenvalue weighted by Crippen LogP contribution is -2.25. The molecule has 18 heavy (non-hydrogen) atoms. The Morgan fingerprint density at radius 1 is 1.39 bits per heavy atom. The summed E-state index contributed by atoms with van der Waals surface area (Å²) in [5.74, 6) is -0.397. The van der Waals surface area contributed by atoms with Crippen molar-refractivity contribution in [3.8, 4) is 0 Å². The van der Waals surface area contributed by atoms with Gasteiger partial charge >= 0.3 is 15.3 Å². The summed E-state index contributed by atoms with van der Waals surface area (Å²) in [7, 11) is 2.00. The van der Waals surface area contributed by atoms with Crippen LogP contribution in [-0.4, -0.2) is 41.1 Å². The van der Waals surface area contributed by atoms with E-state index in [1.54, 1.807) is 38.6 Å². The summed E-state index contributed by atoms with van der Waals surface area (Å²) in [6, 6.07) is 5.14. The predicted molar refractivity (Wildman–Crippen MR) is 68.3 cm³/mol. The first-order valence-electron chi connectivity index (χ1n) is 5.72. The monoisotopic (exact) mass is 268 g/mol. The van der Waals surface area contributed by atoms with Crippen LogP contribution in [-0.2, 0) is 13.6 Å². The third kappa shape index (κ3) is 4.56. The molecule has 5 nitrogen and oxygen atoms in total. The molecule has 6 heteroatoms. The first kappa shape index (κ1) is 14.8. The van der Waals surface area contributed by atoms with E-state index in [1.165, 1.54) is 0 Å². The normalized spacial score (nSPS) is 12.4. The Bertz CT molecular complexity index is 356. The van der Waals surface area contributed by atoms with E-state index in [2.05, 4.69) is 4.98 Å². The van der Waals surface area contributed by atoms with E-state index in [4.69, 9.17) is 13.6 Å². The van der Waals surface area contributed by atoms with Gasteiger partial charge in [0.2, 0.25) is 0 Å². The number of hydrogen-bond acceptors (Lipinski definition) is 5. The molecule has 0 amide bonds. The molecule has 1 radical (unpaired) electrons. The summed E-state index contributed by atoms with van der Waals surface area (Å²) >= 11 is 0. The topological polar surface area (TPSA) is 57.7 Å². The first-order valence-corrected chi connectivity index (χ1v) is 7.11. The average molecular weight is 268 g/mol. The quantitative estimate of drug-likeness (QED) is 0.557. The van der Waals surface area contributed by atoms with Gasteiger partial charge in [-0.15, -0.1) is 0 Å². The minimum atomic E-state index is -1.27. The SMILES string of the molecule is CO[Si](OC)C(C)CCOC(=O)c1ccccn1. The maximum Gasteiger partial charge on any atom is 0.387 e. The molecule has 0 saturated heterocycles. The molecule has 1 heterocycles. The Morgan fingerprint density at radius 3 is 2.67 bits per heavy atom. The standard InChI is InChI=1S/C12H18NO4Si/c1-10(18(15-2)16-3)7-9-17-12(14)11-6-4-5-8-13-11/h4-6,8,10H,7,9H2,1-3H3. The van der Waals surface area contributed by atoms with Crippen LogP contribution in [0.5, 0.6) is 0 Å². The van der Waals surface area contributed by atoms with Gasteiger partial charge in [0.25, 0.3) is 0 Å². The molecule has 0 aliphatic heterocycles. The second-order valence-electron chi connectivity index (χ2n) is 3.77. The van der Waals surface area contributed by atoms with E-state index in [9.17, 15) is 4.79 Å². The molecule has 0 bridgehead atoms. The number of ether oxygens (including phenoxy) is 1. The highest BCUT2D eigenvalue weighted by atomic mass is 28.3. The molecule has 0 aliphatic rings. The van der Waals surface area contributed by atoms with Crippen LogP contribution < -0.4 is 0 Å². The molecule has 0 saturated carbocycles. The van der Waals surface area contributed by atoms with Gasteiger partial charge in [0, 0.05) is 26.0 Å². The summed E-state index contributed by atoms with van der Waals surface area (Å²) in [5.41, 5.74) is 0.579. The van der Waals surface area contributed by atoms with Crippen LogP contribution in [0.25, 0.3) is 0 Å². The molecule has 1 aromatic heterocycles. The Balaban J connectivity index is 2.32. The Morgan fingerprint density at radius 2 is 2.11 bits per heavy atom. The zero-order valence-electron chi connectivity index (χ0n) is 10.9. The molecule has 1 unspecified atom stereocenters. The molecule has 1 aromatic rings. The minimum Gasteiger partial charge on any atom is -0.461 e. The highest BCUT2D eigenvalue weighted by Crippen LogP contribution is 2.15. The van der Waals surface area contributed by atoms with E-state index >= 15 is 0 Å². The van der Waals surface area contributed by atoms with Crippen molar-refractivity contribution < 1.29 is 18.4 Å². The fourth-order valence-corrected chi connectivity index (χ4v) is 2.81. The number of aromatic nitrogens is 1. The van der Waals surface area contributed by atoms with Crippen LogP contribution in [0.4, 0.5) is 0 Å². The molecule has 99 valence electrons. The average Bonchev–Trinajstić information content (AvgIpc) is 2.41. The number of carbonyl (C=O) groups excluding carboxylic acids is 1. The van der Waals surface area contributed by atoms with Crippen LogP contribution in [0.1, 0.15) is 23.8 Å². The highest BCUT2D eigenvalue weighted by molar-refractivity contribution is 6.46. The van der Waals surface area contributed by atoms with Gasteiger partial charge in [-0.1, -0.05) is 13.0 Å². The molecule has 0 aromatic carbocycles. The summed E-state index contributed by atoms with van der Waals surface area (Å²) in [6.45, 7) is 2.37. The molecular formula is C12H18NO4Si. The second-order valence-corrected chi connectivity index (χ2v) is 6.21. The van der Waals surface area contributed by atoms with Crippen molar-refractivity contribution in [1.29, 1.82) is 0 Å². The Labute approximate surface area is 109 Å². The van der Waals surface area contributed by atoms with Crippen molar-refractivity contribution in [1.82, 2.24) is 4.98 Å². The van der Waals surface area contributed by atoms with Gasteiger partial charge in [-0.25, -0.2) is 9.78 Å².